The molecule has 0 aliphatic carbocycles. The van der Waals surface area contributed by atoms with Gasteiger partial charge in [0.25, 0.3) is 5.91 Å². The van der Waals surface area contributed by atoms with Crippen molar-refractivity contribution in [2.24, 2.45) is 0 Å². The van der Waals surface area contributed by atoms with Crippen LogP contribution in [0.25, 0.3) is 0 Å². The van der Waals surface area contributed by atoms with Crippen LogP contribution in [0.2, 0.25) is 0 Å². The molecule has 0 saturated carbocycles. The number of nitrogens with zero attached hydrogens (tertiary/aromatic N) is 3. The van der Waals surface area contributed by atoms with Gasteiger partial charge in [-0.3, -0.25) is 4.79 Å². The van der Waals surface area contributed by atoms with Gasteiger partial charge in [-0.1, -0.05) is 4.49 Å². The lowest BCUT2D eigenvalue weighted by Gasteiger charge is -2.16. The van der Waals surface area contributed by atoms with Crippen LogP contribution in [0.4, 0.5) is 5.00 Å². The van der Waals surface area contributed by atoms with E-state index in [9.17, 15) is 18.0 Å². The lowest BCUT2D eigenvalue weighted by Crippen LogP contribution is -2.24. The van der Waals surface area contributed by atoms with E-state index in [4.69, 9.17) is 4.74 Å². The second-order valence-corrected chi connectivity index (χ2v) is 8.70. The highest BCUT2D eigenvalue weighted by atomic mass is 32.2. The maximum absolute atomic E-state index is 12.6. The topological polar surface area (TPSA) is 119 Å². The van der Waals surface area contributed by atoms with Gasteiger partial charge in [0.1, 0.15) is 0 Å². The number of hydrogen-bond donors (Lipinski definition) is 1. The second-order valence-electron chi connectivity index (χ2n) is 5.83. The van der Waals surface area contributed by atoms with Crippen molar-refractivity contribution in [3.05, 3.63) is 34.5 Å². The van der Waals surface area contributed by atoms with Crippen LogP contribution in [0.15, 0.2) is 17.0 Å². The number of amides is 1. The molecule has 1 heterocycles. The van der Waals surface area contributed by atoms with Crippen molar-refractivity contribution < 1.29 is 22.7 Å². The minimum absolute atomic E-state index is 0.0469. The number of nitrogens with one attached hydrogen (secondary N) is 1. The van der Waals surface area contributed by atoms with E-state index >= 15 is 0 Å². The Morgan fingerprint density at radius 1 is 1.26 bits per heavy atom. The molecule has 27 heavy (non-hydrogen) atoms. The molecule has 2 rings (SSSR count). The van der Waals surface area contributed by atoms with E-state index in [0.717, 1.165) is 15.8 Å². The summed E-state index contributed by atoms with van der Waals surface area (Å²) in [6, 6.07) is 2.89. The smallest absolute Gasteiger partial charge is 0.362 e. The van der Waals surface area contributed by atoms with E-state index in [0.29, 0.717) is 11.1 Å². The highest BCUT2D eigenvalue weighted by Gasteiger charge is 2.24. The Morgan fingerprint density at radius 2 is 1.93 bits per heavy atom. The summed E-state index contributed by atoms with van der Waals surface area (Å²) in [6.07, 6.45) is 0. The van der Waals surface area contributed by atoms with Crippen LogP contribution in [0.5, 0.6) is 0 Å². The van der Waals surface area contributed by atoms with Crippen LogP contribution in [-0.4, -0.2) is 54.9 Å². The number of anilines is 1. The molecule has 0 aliphatic heterocycles. The molecular formula is C16H20N4O5S2. The minimum Gasteiger partial charge on any atom is -0.461 e. The standard InChI is InChI=1S/C16H20N4O5S2/c1-6-25-16(22)13-15(26-19-18-13)17-14(21)11-7-9(2)10(3)12(8-11)27(23,24)20(4)5/h7-8H,6H2,1-5H3,(H,17,21). The number of benzene rings is 1. The number of carbonyl (C=O) groups is 2. The highest BCUT2D eigenvalue weighted by Crippen LogP contribution is 2.25. The van der Waals surface area contributed by atoms with E-state index < -0.39 is 21.9 Å². The first-order valence-corrected chi connectivity index (χ1v) is 10.2. The number of rotatable bonds is 6. The van der Waals surface area contributed by atoms with Gasteiger partial charge in [-0.2, -0.15) is 0 Å². The van der Waals surface area contributed by atoms with E-state index in [2.05, 4.69) is 14.9 Å². The first-order chi connectivity index (χ1) is 12.6. The van der Waals surface area contributed by atoms with Gasteiger partial charge < -0.3 is 10.1 Å². The molecule has 1 aromatic carbocycles. The van der Waals surface area contributed by atoms with Crippen molar-refractivity contribution in [1.29, 1.82) is 0 Å². The average molecular weight is 412 g/mol. The van der Waals surface area contributed by atoms with E-state index in [1.165, 1.54) is 20.2 Å². The summed E-state index contributed by atoms with van der Waals surface area (Å²) in [7, 11) is -0.876. The fourth-order valence-corrected chi connectivity index (χ4v) is 3.97. The van der Waals surface area contributed by atoms with E-state index in [1.54, 1.807) is 26.8 Å². The molecule has 0 radical (unpaired) electrons. The van der Waals surface area contributed by atoms with Gasteiger partial charge in [0.2, 0.25) is 15.7 Å². The number of hydrogen-bond acceptors (Lipinski definition) is 8. The van der Waals surface area contributed by atoms with Crippen LogP contribution in [0.1, 0.15) is 38.9 Å². The summed E-state index contributed by atoms with van der Waals surface area (Å²) in [5.41, 5.74) is 1.25. The van der Waals surface area contributed by atoms with Gasteiger partial charge in [0.05, 0.1) is 11.5 Å². The molecular weight excluding hydrogens is 392 g/mol. The van der Waals surface area contributed by atoms with Gasteiger partial charge in [-0.15, -0.1) is 5.10 Å². The van der Waals surface area contributed by atoms with Crippen LogP contribution in [-0.2, 0) is 14.8 Å². The zero-order valence-corrected chi connectivity index (χ0v) is 17.2. The fourth-order valence-electron chi connectivity index (χ4n) is 2.20. The number of aryl methyl sites for hydroxylation is 1. The molecule has 1 N–H and O–H groups in total. The molecule has 0 unspecified atom stereocenters. The Kier molecular flexibility index (Phi) is 6.29. The third-order valence-electron chi connectivity index (χ3n) is 3.82. The third kappa shape index (κ3) is 4.31. The van der Waals surface area contributed by atoms with Crippen molar-refractivity contribution in [3.63, 3.8) is 0 Å². The monoisotopic (exact) mass is 412 g/mol. The van der Waals surface area contributed by atoms with Crippen LogP contribution in [0, 0.1) is 13.8 Å². The van der Waals surface area contributed by atoms with Gasteiger partial charge in [-0.05, 0) is 44.0 Å². The van der Waals surface area contributed by atoms with E-state index in [1.807, 2.05) is 0 Å². The first-order valence-electron chi connectivity index (χ1n) is 7.94. The average Bonchev–Trinajstić information content (AvgIpc) is 3.05. The number of ether oxygens (including phenoxy) is 1. The van der Waals surface area contributed by atoms with Gasteiger partial charge in [0, 0.05) is 31.2 Å². The highest BCUT2D eigenvalue weighted by molar-refractivity contribution is 7.89. The zero-order valence-electron chi connectivity index (χ0n) is 15.6. The molecule has 0 bridgehead atoms. The van der Waals surface area contributed by atoms with E-state index in [-0.39, 0.29) is 27.8 Å². The number of sulfonamides is 1. The van der Waals surface area contributed by atoms with Crippen LogP contribution < -0.4 is 5.32 Å². The molecule has 1 aromatic heterocycles. The summed E-state index contributed by atoms with van der Waals surface area (Å²) in [6.45, 7) is 5.21. The van der Waals surface area contributed by atoms with Gasteiger partial charge >= 0.3 is 5.97 Å². The van der Waals surface area contributed by atoms with Crippen molar-refractivity contribution in [2.75, 3.05) is 26.0 Å². The van der Waals surface area contributed by atoms with Gasteiger partial charge in [-0.25, -0.2) is 17.5 Å². The van der Waals surface area contributed by atoms with Gasteiger partial charge in [0.15, 0.2) is 5.00 Å². The Hall–Kier alpha value is -2.37. The number of esters is 1. The Bertz CT molecular complexity index is 983. The number of aromatic nitrogens is 2. The second kappa shape index (κ2) is 8.11. The summed E-state index contributed by atoms with van der Waals surface area (Å²) in [5, 5.41) is 6.35. The summed E-state index contributed by atoms with van der Waals surface area (Å²) >= 11 is 0.828. The predicted octanol–water partition coefficient (Wildman–Crippen LogP) is 1.83. The molecule has 0 aliphatic rings. The Balaban J connectivity index is 2.40. The maximum atomic E-state index is 12.6. The quantitative estimate of drug-likeness (QED) is 0.719. The molecule has 9 nitrogen and oxygen atoms in total. The summed E-state index contributed by atoms with van der Waals surface area (Å²) < 4.78 is 34.7. The molecule has 0 spiro atoms. The molecule has 1 amide bonds. The largest absolute Gasteiger partial charge is 0.461 e. The summed E-state index contributed by atoms with van der Waals surface area (Å²) in [5.74, 6) is -1.28. The minimum atomic E-state index is -3.72. The molecule has 0 saturated heterocycles. The summed E-state index contributed by atoms with van der Waals surface area (Å²) in [4.78, 5) is 24.5. The maximum Gasteiger partial charge on any atom is 0.362 e. The molecule has 146 valence electrons. The molecule has 11 heteroatoms. The Morgan fingerprint density at radius 3 is 2.52 bits per heavy atom. The predicted molar refractivity (Wildman–Crippen MR) is 101 cm³/mol. The third-order valence-corrected chi connectivity index (χ3v) is 6.41. The molecule has 0 atom stereocenters. The van der Waals surface area contributed by atoms with Crippen LogP contribution >= 0.6 is 11.5 Å². The van der Waals surface area contributed by atoms with Crippen LogP contribution in [0.3, 0.4) is 0 Å². The zero-order chi connectivity index (χ0) is 20.4. The van der Waals surface area contributed by atoms with Crippen molar-refractivity contribution in [1.82, 2.24) is 13.9 Å². The molecule has 0 fully saturated rings. The SMILES string of the molecule is CCOC(=O)c1nnsc1NC(=O)c1cc(C)c(C)c(S(=O)(=O)N(C)C)c1. The van der Waals surface area contributed by atoms with Crippen molar-refractivity contribution in [3.8, 4) is 0 Å². The fraction of sp³-hybridized carbons (Fsp3) is 0.375. The molecule has 2 aromatic rings. The lowest BCUT2D eigenvalue weighted by atomic mass is 10.1. The van der Waals surface area contributed by atoms with Crippen molar-refractivity contribution >= 4 is 38.4 Å². The normalized spacial score (nSPS) is 11.5. The lowest BCUT2D eigenvalue weighted by molar-refractivity contribution is 0.0520. The Labute approximate surface area is 161 Å². The van der Waals surface area contributed by atoms with Crippen molar-refractivity contribution in [2.45, 2.75) is 25.7 Å². The number of carbonyl (C=O) groups excluding carboxylic acids is 2. The first kappa shape index (κ1) is 20.9.